The van der Waals surface area contributed by atoms with Gasteiger partial charge in [0, 0.05) is 24.8 Å². The van der Waals surface area contributed by atoms with Gasteiger partial charge in [0.1, 0.15) is 0 Å². The maximum Gasteiger partial charge on any atom is 0.273 e. The molecule has 0 fully saturated rings. The van der Waals surface area contributed by atoms with Gasteiger partial charge < -0.3 is 5.32 Å². The van der Waals surface area contributed by atoms with Crippen molar-refractivity contribution in [3.05, 3.63) is 62.1 Å². The van der Waals surface area contributed by atoms with Crippen molar-refractivity contribution in [3.63, 3.8) is 0 Å². The molecule has 0 aliphatic carbocycles. The molecule has 0 spiro atoms. The van der Waals surface area contributed by atoms with E-state index in [1.807, 2.05) is 45.9 Å². The Balaban J connectivity index is 1.92. The van der Waals surface area contributed by atoms with Gasteiger partial charge in [0.2, 0.25) is 0 Å². The lowest BCUT2D eigenvalue weighted by Gasteiger charge is -2.13. The second-order valence-electron chi connectivity index (χ2n) is 6.50. The first kappa shape index (κ1) is 17.0. The van der Waals surface area contributed by atoms with Gasteiger partial charge in [-0.15, -0.1) is 0 Å². The Kier molecular flexibility index (Phi) is 4.20. The predicted octanol–water partition coefficient (Wildman–Crippen LogP) is 2.43. The molecule has 2 heterocycles. The van der Waals surface area contributed by atoms with Crippen LogP contribution in [0.4, 0.5) is 0 Å². The number of nitrogens with zero attached hydrogens (tertiary/aromatic N) is 2. The molecule has 0 atom stereocenters. The molecule has 0 radical (unpaired) electrons. The van der Waals surface area contributed by atoms with Gasteiger partial charge in [-0.2, -0.15) is 0 Å². The van der Waals surface area contributed by atoms with Crippen LogP contribution < -0.4 is 10.9 Å². The normalized spacial score (nSPS) is 11.1. The minimum Gasteiger partial charge on any atom is -0.348 e. The number of rotatable bonds is 3. The molecule has 2 aromatic heterocycles. The molecule has 0 aliphatic heterocycles. The number of nitrogens with one attached hydrogen (secondary N) is 2. The third-order valence-electron chi connectivity index (χ3n) is 4.63. The first-order valence-electron chi connectivity index (χ1n) is 8.20. The van der Waals surface area contributed by atoms with Crippen molar-refractivity contribution >= 4 is 16.9 Å². The van der Waals surface area contributed by atoms with E-state index in [0.717, 1.165) is 27.9 Å². The van der Waals surface area contributed by atoms with Crippen LogP contribution in [-0.2, 0) is 13.6 Å². The zero-order valence-corrected chi connectivity index (χ0v) is 15.2. The smallest absolute Gasteiger partial charge is 0.273 e. The van der Waals surface area contributed by atoms with Crippen molar-refractivity contribution in [2.24, 2.45) is 7.05 Å². The fourth-order valence-corrected chi connectivity index (χ4v) is 3.24. The molecule has 6 heteroatoms. The number of H-pyrrole nitrogens is 1. The van der Waals surface area contributed by atoms with Crippen molar-refractivity contribution < 1.29 is 4.79 Å². The zero-order valence-electron chi connectivity index (χ0n) is 15.2. The van der Waals surface area contributed by atoms with Gasteiger partial charge in [-0.05, 0) is 50.5 Å². The zero-order chi connectivity index (χ0) is 18.3. The number of amides is 1. The molecule has 130 valence electrons. The minimum atomic E-state index is -0.163. The van der Waals surface area contributed by atoms with E-state index in [9.17, 15) is 9.59 Å². The van der Waals surface area contributed by atoms with Crippen LogP contribution >= 0.6 is 0 Å². The number of fused-ring (bicyclic) bond motifs is 1. The molecule has 0 saturated carbocycles. The monoisotopic (exact) mass is 338 g/mol. The largest absolute Gasteiger partial charge is 0.348 e. The Labute approximate surface area is 145 Å². The second kappa shape index (κ2) is 6.20. The molecule has 3 aromatic rings. The van der Waals surface area contributed by atoms with Gasteiger partial charge >= 0.3 is 0 Å². The minimum absolute atomic E-state index is 0.127. The van der Waals surface area contributed by atoms with E-state index in [1.54, 1.807) is 11.7 Å². The highest BCUT2D eigenvalue weighted by Crippen LogP contribution is 2.20. The lowest BCUT2D eigenvalue weighted by molar-refractivity contribution is 0.0950. The highest BCUT2D eigenvalue weighted by Gasteiger charge is 2.16. The highest BCUT2D eigenvalue weighted by atomic mass is 16.1. The maximum absolute atomic E-state index is 12.5. The van der Waals surface area contributed by atoms with Gasteiger partial charge in [0.05, 0.1) is 5.39 Å². The van der Waals surface area contributed by atoms with Gasteiger partial charge in [0.25, 0.3) is 11.5 Å². The van der Waals surface area contributed by atoms with Crippen LogP contribution in [0.25, 0.3) is 11.0 Å². The van der Waals surface area contributed by atoms with Crippen LogP contribution in [0.2, 0.25) is 0 Å². The molecule has 25 heavy (non-hydrogen) atoms. The number of aromatic amines is 1. The summed E-state index contributed by atoms with van der Waals surface area (Å²) in [6, 6.07) is 5.75. The van der Waals surface area contributed by atoms with Crippen LogP contribution in [0, 0.1) is 27.7 Å². The Morgan fingerprint density at radius 1 is 1.24 bits per heavy atom. The molecule has 0 unspecified atom stereocenters. The Morgan fingerprint density at radius 2 is 1.96 bits per heavy atom. The first-order valence-corrected chi connectivity index (χ1v) is 8.20. The number of aromatic nitrogens is 3. The van der Waals surface area contributed by atoms with E-state index in [-0.39, 0.29) is 11.5 Å². The third kappa shape index (κ3) is 2.95. The van der Waals surface area contributed by atoms with E-state index in [2.05, 4.69) is 15.4 Å². The summed E-state index contributed by atoms with van der Waals surface area (Å²) in [5, 5.41) is 6.25. The number of pyridine rings is 1. The summed E-state index contributed by atoms with van der Waals surface area (Å²) in [5.74, 6) is -0.127. The van der Waals surface area contributed by atoms with Crippen molar-refractivity contribution in [2.75, 3.05) is 0 Å². The predicted molar refractivity (Wildman–Crippen MR) is 97.9 cm³/mol. The van der Waals surface area contributed by atoms with Gasteiger partial charge in [-0.1, -0.05) is 17.7 Å². The highest BCUT2D eigenvalue weighted by molar-refractivity contribution is 5.95. The summed E-state index contributed by atoms with van der Waals surface area (Å²) in [7, 11) is 1.76. The summed E-state index contributed by atoms with van der Waals surface area (Å²) in [6.45, 7) is 8.05. The molecule has 3 rings (SSSR count). The summed E-state index contributed by atoms with van der Waals surface area (Å²) in [6.07, 6.45) is 0. The van der Waals surface area contributed by atoms with E-state index in [0.29, 0.717) is 23.1 Å². The average molecular weight is 338 g/mol. The lowest BCUT2D eigenvalue weighted by atomic mass is 10.0. The Morgan fingerprint density at radius 3 is 2.64 bits per heavy atom. The van der Waals surface area contributed by atoms with Crippen LogP contribution in [-0.4, -0.2) is 20.7 Å². The Bertz CT molecular complexity index is 1040. The fraction of sp³-hybridized carbons (Fsp3) is 0.316. The Hall–Kier alpha value is -2.89. The molecular weight excluding hydrogens is 316 g/mol. The molecule has 2 N–H and O–H groups in total. The number of benzene rings is 1. The van der Waals surface area contributed by atoms with E-state index in [1.165, 1.54) is 0 Å². The topological polar surface area (TPSA) is 79.8 Å². The molecule has 1 aromatic carbocycles. The fourth-order valence-electron chi connectivity index (χ4n) is 3.24. The molecule has 1 amide bonds. The van der Waals surface area contributed by atoms with Crippen molar-refractivity contribution in [1.29, 1.82) is 0 Å². The van der Waals surface area contributed by atoms with Gasteiger partial charge in [0.15, 0.2) is 5.65 Å². The molecule has 0 saturated heterocycles. The summed E-state index contributed by atoms with van der Waals surface area (Å²) in [4.78, 5) is 29.1. The number of hydrogen-bond acceptors (Lipinski definition) is 3. The molecular formula is C19H22N4O2. The SMILES string of the molecule is Cc1ccc(C(=O)NCc2c(C)nc3c(c2C)c(=O)[nH]n3C)c(C)c1. The van der Waals surface area contributed by atoms with Crippen LogP contribution in [0.5, 0.6) is 0 Å². The first-order chi connectivity index (χ1) is 11.8. The number of carbonyl (C=O) groups is 1. The van der Waals surface area contributed by atoms with E-state index >= 15 is 0 Å². The summed E-state index contributed by atoms with van der Waals surface area (Å²) < 4.78 is 1.62. The van der Waals surface area contributed by atoms with Crippen LogP contribution in [0.3, 0.4) is 0 Å². The molecule has 0 aliphatic rings. The van der Waals surface area contributed by atoms with Gasteiger partial charge in [-0.3, -0.25) is 19.4 Å². The quantitative estimate of drug-likeness (QED) is 0.770. The van der Waals surface area contributed by atoms with Gasteiger partial charge in [-0.25, -0.2) is 4.98 Å². The summed E-state index contributed by atoms with van der Waals surface area (Å²) in [5.41, 5.74) is 5.73. The second-order valence-corrected chi connectivity index (χ2v) is 6.50. The van der Waals surface area contributed by atoms with E-state index < -0.39 is 0 Å². The molecule has 0 bridgehead atoms. The average Bonchev–Trinajstić information content (AvgIpc) is 2.81. The van der Waals surface area contributed by atoms with Crippen molar-refractivity contribution in [2.45, 2.75) is 34.2 Å². The standard InChI is InChI=1S/C19H22N4O2/c1-10-6-7-14(11(2)8-10)18(24)20-9-15-12(3)16-17(21-13(15)4)23(5)22-19(16)25/h6-8H,9H2,1-5H3,(H,20,24)(H,22,25). The van der Waals surface area contributed by atoms with Crippen LogP contribution in [0.15, 0.2) is 23.0 Å². The van der Waals surface area contributed by atoms with Crippen molar-refractivity contribution in [3.8, 4) is 0 Å². The van der Waals surface area contributed by atoms with E-state index in [4.69, 9.17) is 0 Å². The number of hydrogen-bond donors (Lipinski definition) is 2. The number of aryl methyl sites for hydroxylation is 5. The third-order valence-corrected chi connectivity index (χ3v) is 4.63. The lowest BCUT2D eigenvalue weighted by Crippen LogP contribution is -2.25. The van der Waals surface area contributed by atoms with Crippen molar-refractivity contribution in [1.82, 2.24) is 20.1 Å². The summed E-state index contributed by atoms with van der Waals surface area (Å²) >= 11 is 0. The van der Waals surface area contributed by atoms with Crippen LogP contribution in [0.1, 0.15) is 38.3 Å². The number of carbonyl (C=O) groups excluding carboxylic acids is 1. The maximum atomic E-state index is 12.5. The molecule has 6 nitrogen and oxygen atoms in total.